The van der Waals surface area contributed by atoms with Gasteiger partial charge in [-0.05, 0) is 42.9 Å². The minimum Gasteiger partial charge on any atom is -0.497 e. The number of aliphatic hydroxyl groups is 1. The summed E-state index contributed by atoms with van der Waals surface area (Å²) in [6, 6.07) is 10.9. The molecule has 1 unspecified atom stereocenters. The first-order valence-corrected chi connectivity index (χ1v) is 11.4. The van der Waals surface area contributed by atoms with Crippen LogP contribution in [0.3, 0.4) is 0 Å². The SMILES string of the molecule is CCN1CCN(C(O)N(Cc2ccc(-c3nnc(C(F)(F)F)o3)cc2F)c2ccc(OC)cc2)CC1. The van der Waals surface area contributed by atoms with Gasteiger partial charge in [-0.15, -0.1) is 10.2 Å². The van der Waals surface area contributed by atoms with Crippen molar-refractivity contribution in [2.24, 2.45) is 0 Å². The molecule has 2 aromatic carbocycles. The van der Waals surface area contributed by atoms with Crippen LogP contribution in [0.1, 0.15) is 18.4 Å². The monoisotopic (exact) mass is 509 g/mol. The number of nitrogens with zero attached hydrogens (tertiary/aromatic N) is 5. The number of methoxy groups -OCH3 is 1. The molecule has 0 amide bonds. The Kier molecular flexibility index (Phi) is 7.76. The van der Waals surface area contributed by atoms with Gasteiger partial charge >= 0.3 is 12.1 Å². The maximum atomic E-state index is 15.1. The molecule has 4 rings (SSSR count). The first-order valence-electron chi connectivity index (χ1n) is 11.4. The molecule has 36 heavy (non-hydrogen) atoms. The van der Waals surface area contributed by atoms with Crippen molar-refractivity contribution in [1.82, 2.24) is 20.0 Å². The Bertz CT molecular complexity index is 1150. The van der Waals surface area contributed by atoms with Gasteiger partial charge in [0, 0.05) is 49.5 Å². The number of likely N-dealkylation sites (N-methyl/N-ethyl adjacent to an activating group) is 1. The maximum absolute atomic E-state index is 15.1. The largest absolute Gasteiger partial charge is 0.497 e. The lowest BCUT2D eigenvalue weighted by Gasteiger charge is -2.42. The quantitative estimate of drug-likeness (QED) is 0.363. The number of anilines is 1. The van der Waals surface area contributed by atoms with Crippen LogP contribution < -0.4 is 9.64 Å². The van der Waals surface area contributed by atoms with Crippen molar-refractivity contribution in [3.8, 4) is 17.2 Å². The number of ether oxygens (including phenoxy) is 1. The lowest BCUT2D eigenvalue weighted by molar-refractivity contribution is -0.156. The van der Waals surface area contributed by atoms with Crippen LogP contribution in [0, 0.1) is 5.82 Å². The van der Waals surface area contributed by atoms with E-state index in [0.29, 0.717) is 24.5 Å². The zero-order valence-electron chi connectivity index (χ0n) is 19.9. The van der Waals surface area contributed by atoms with Gasteiger partial charge in [-0.3, -0.25) is 4.90 Å². The number of hydrogen-bond acceptors (Lipinski definition) is 8. The third-order valence-corrected chi connectivity index (χ3v) is 6.17. The van der Waals surface area contributed by atoms with Crippen molar-refractivity contribution in [1.29, 1.82) is 0 Å². The highest BCUT2D eigenvalue weighted by molar-refractivity contribution is 5.55. The number of aromatic nitrogens is 2. The van der Waals surface area contributed by atoms with E-state index in [1.165, 1.54) is 12.1 Å². The van der Waals surface area contributed by atoms with Crippen molar-refractivity contribution >= 4 is 5.69 Å². The molecule has 1 atom stereocenters. The van der Waals surface area contributed by atoms with E-state index >= 15 is 4.39 Å². The van der Waals surface area contributed by atoms with E-state index < -0.39 is 30.1 Å². The Morgan fingerprint density at radius 1 is 1.08 bits per heavy atom. The molecule has 0 bridgehead atoms. The third kappa shape index (κ3) is 5.77. The minimum atomic E-state index is -4.79. The van der Waals surface area contributed by atoms with E-state index in [2.05, 4.69) is 26.4 Å². The summed E-state index contributed by atoms with van der Waals surface area (Å²) in [4.78, 5) is 5.86. The zero-order chi connectivity index (χ0) is 25.9. The number of benzene rings is 2. The smallest absolute Gasteiger partial charge is 0.470 e. The van der Waals surface area contributed by atoms with Crippen LogP contribution in [0.15, 0.2) is 46.9 Å². The number of alkyl halides is 3. The molecule has 1 saturated heterocycles. The van der Waals surface area contributed by atoms with Crippen LogP contribution >= 0.6 is 0 Å². The number of aliphatic hydroxyl groups excluding tert-OH is 1. The van der Waals surface area contributed by atoms with Crippen LogP contribution in [-0.4, -0.2) is 71.3 Å². The Balaban J connectivity index is 1.58. The van der Waals surface area contributed by atoms with Crippen molar-refractivity contribution in [3.63, 3.8) is 0 Å². The Hall–Kier alpha value is -3.22. The maximum Gasteiger partial charge on any atom is 0.470 e. The molecule has 8 nitrogen and oxygen atoms in total. The molecule has 0 aliphatic carbocycles. The molecule has 1 aliphatic rings. The summed E-state index contributed by atoms with van der Waals surface area (Å²) in [5.41, 5.74) is 0.902. The van der Waals surface area contributed by atoms with Crippen LogP contribution in [-0.2, 0) is 12.7 Å². The topological polar surface area (TPSA) is 78.1 Å². The van der Waals surface area contributed by atoms with Gasteiger partial charge in [0.15, 0.2) is 6.35 Å². The molecule has 1 fully saturated rings. The second-order valence-electron chi connectivity index (χ2n) is 8.36. The van der Waals surface area contributed by atoms with Crippen molar-refractivity contribution in [2.75, 3.05) is 44.7 Å². The van der Waals surface area contributed by atoms with Crippen molar-refractivity contribution in [3.05, 3.63) is 59.7 Å². The van der Waals surface area contributed by atoms with Crippen LogP contribution in [0.2, 0.25) is 0 Å². The second-order valence-corrected chi connectivity index (χ2v) is 8.36. The van der Waals surface area contributed by atoms with E-state index in [1.54, 1.807) is 36.3 Å². The summed E-state index contributed by atoms with van der Waals surface area (Å²) >= 11 is 0. The number of piperazine rings is 1. The van der Waals surface area contributed by atoms with Crippen LogP contribution in [0.25, 0.3) is 11.5 Å². The fraction of sp³-hybridized carbons (Fsp3) is 0.417. The standard InChI is InChI=1S/C24H27F4N5O3/c1-3-31-10-12-32(13-11-31)23(34)33(18-6-8-19(35-2)9-7-18)15-17-5-4-16(14-20(17)25)21-29-30-22(36-21)24(26,27)28/h4-9,14,23,34H,3,10-13,15H2,1-2H3. The van der Waals surface area contributed by atoms with Crippen LogP contribution in [0.5, 0.6) is 5.75 Å². The second kappa shape index (κ2) is 10.8. The zero-order valence-corrected chi connectivity index (χ0v) is 19.9. The van der Waals surface area contributed by atoms with Gasteiger partial charge in [0.05, 0.1) is 7.11 Å². The molecular formula is C24H27F4N5O3. The van der Waals surface area contributed by atoms with Gasteiger partial charge in [0.2, 0.25) is 5.89 Å². The predicted octanol–water partition coefficient (Wildman–Crippen LogP) is 3.82. The molecule has 194 valence electrons. The highest BCUT2D eigenvalue weighted by atomic mass is 19.4. The molecule has 0 spiro atoms. The summed E-state index contributed by atoms with van der Waals surface area (Å²) in [6.45, 7) is 5.90. The first-order chi connectivity index (χ1) is 17.2. The molecule has 1 N–H and O–H groups in total. The number of rotatable bonds is 8. The van der Waals surface area contributed by atoms with E-state index in [0.717, 1.165) is 25.7 Å². The normalized spacial score (nSPS) is 16.2. The van der Waals surface area contributed by atoms with Crippen molar-refractivity contribution in [2.45, 2.75) is 26.0 Å². The van der Waals surface area contributed by atoms with Crippen LogP contribution in [0.4, 0.5) is 23.2 Å². The fourth-order valence-electron chi connectivity index (χ4n) is 4.03. The molecule has 1 aromatic heterocycles. The third-order valence-electron chi connectivity index (χ3n) is 6.17. The minimum absolute atomic E-state index is 0.00519. The lowest BCUT2D eigenvalue weighted by Crippen LogP contribution is -2.56. The average molecular weight is 510 g/mol. The van der Waals surface area contributed by atoms with E-state index in [-0.39, 0.29) is 17.7 Å². The molecule has 2 heterocycles. The molecule has 0 radical (unpaired) electrons. The summed E-state index contributed by atoms with van der Waals surface area (Å²) in [6.07, 6.45) is -5.82. The van der Waals surface area contributed by atoms with Gasteiger partial charge in [0.1, 0.15) is 11.6 Å². The summed E-state index contributed by atoms with van der Waals surface area (Å²) in [5.74, 6) is -1.98. The van der Waals surface area contributed by atoms with Gasteiger partial charge in [0.25, 0.3) is 0 Å². The van der Waals surface area contributed by atoms with Crippen molar-refractivity contribution < 1.29 is 31.8 Å². The van der Waals surface area contributed by atoms with E-state index in [1.807, 2.05) is 4.90 Å². The fourth-order valence-corrected chi connectivity index (χ4v) is 4.03. The summed E-state index contributed by atoms with van der Waals surface area (Å²) in [7, 11) is 1.55. The average Bonchev–Trinajstić information content (AvgIpc) is 3.39. The van der Waals surface area contributed by atoms with Gasteiger partial charge in [-0.2, -0.15) is 13.2 Å². The Labute approximate surface area is 205 Å². The molecule has 0 saturated carbocycles. The first kappa shape index (κ1) is 25.9. The molecule has 3 aromatic rings. The Morgan fingerprint density at radius 2 is 1.78 bits per heavy atom. The van der Waals surface area contributed by atoms with E-state index in [4.69, 9.17) is 4.74 Å². The Morgan fingerprint density at radius 3 is 2.33 bits per heavy atom. The highest BCUT2D eigenvalue weighted by Gasteiger charge is 2.38. The molecule has 1 aliphatic heterocycles. The molecule has 12 heteroatoms. The summed E-state index contributed by atoms with van der Waals surface area (Å²) < 4.78 is 63.3. The van der Waals surface area contributed by atoms with E-state index in [9.17, 15) is 18.3 Å². The predicted molar refractivity (Wildman–Crippen MR) is 124 cm³/mol. The van der Waals surface area contributed by atoms with Gasteiger partial charge in [-0.25, -0.2) is 4.39 Å². The van der Waals surface area contributed by atoms with Gasteiger partial charge in [-0.1, -0.05) is 13.0 Å². The number of hydrogen-bond donors (Lipinski definition) is 1. The highest BCUT2D eigenvalue weighted by Crippen LogP contribution is 2.31. The molecular weight excluding hydrogens is 482 g/mol. The summed E-state index contributed by atoms with van der Waals surface area (Å²) in [5, 5.41) is 17.6. The van der Waals surface area contributed by atoms with Gasteiger partial charge < -0.3 is 24.1 Å². The number of halogens is 4. The lowest BCUT2D eigenvalue weighted by atomic mass is 10.1.